The van der Waals surface area contributed by atoms with Gasteiger partial charge in [-0.3, -0.25) is 0 Å². The van der Waals surface area contributed by atoms with E-state index in [9.17, 15) is 8.42 Å². The van der Waals surface area contributed by atoms with Crippen LogP contribution in [0.1, 0.15) is 23.6 Å². The van der Waals surface area contributed by atoms with Crippen LogP contribution >= 0.6 is 22.9 Å². The minimum Gasteiger partial charge on any atom is -0.396 e. The quantitative estimate of drug-likeness (QED) is 0.760. The second-order valence-corrected chi connectivity index (χ2v) is 8.05. The Morgan fingerprint density at radius 2 is 1.91 bits per heavy atom. The van der Waals surface area contributed by atoms with Crippen molar-refractivity contribution in [2.24, 2.45) is 0 Å². The zero-order chi connectivity index (χ0) is 16.0. The van der Waals surface area contributed by atoms with Gasteiger partial charge in [0.25, 0.3) is 0 Å². The molecule has 120 valence electrons. The Balaban J connectivity index is 1.95. The van der Waals surface area contributed by atoms with Gasteiger partial charge in [0.15, 0.2) is 0 Å². The Hall–Kier alpha value is -0.920. The van der Waals surface area contributed by atoms with E-state index in [2.05, 4.69) is 4.72 Å². The Labute approximate surface area is 139 Å². The normalized spacial score (nSPS) is 13.2. The van der Waals surface area contributed by atoms with E-state index in [4.69, 9.17) is 16.7 Å². The average Bonchev–Trinajstić information content (AvgIpc) is 3.01. The van der Waals surface area contributed by atoms with Crippen molar-refractivity contribution in [2.75, 3.05) is 13.2 Å². The summed E-state index contributed by atoms with van der Waals surface area (Å²) in [7, 11) is -3.52. The number of sulfonamides is 1. The van der Waals surface area contributed by atoms with Crippen molar-refractivity contribution in [2.45, 2.75) is 23.7 Å². The van der Waals surface area contributed by atoms with Gasteiger partial charge in [-0.15, -0.1) is 11.3 Å². The first-order valence-electron chi connectivity index (χ1n) is 6.92. The smallest absolute Gasteiger partial charge is 0.240 e. The summed E-state index contributed by atoms with van der Waals surface area (Å²) in [5.41, 5.74) is 0. The first-order chi connectivity index (χ1) is 10.5. The number of aliphatic hydroxyl groups is 1. The number of rotatable bonds is 8. The summed E-state index contributed by atoms with van der Waals surface area (Å²) in [6, 6.07) is 10.0. The zero-order valence-corrected chi connectivity index (χ0v) is 14.3. The lowest BCUT2D eigenvalue weighted by molar-refractivity contribution is 0.273. The molecule has 2 rings (SSSR count). The highest BCUT2D eigenvalue weighted by Crippen LogP contribution is 2.27. The lowest BCUT2D eigenvalue weighted by Gasteiger charge is -2.14. The van der Waals surface area contributed by atoms with E-state index in [0.29, 0.717) is 24.4 Å². The van der Waals surface area contributed by atoms with E-state index in [1.165, 1.54) is 17.0 Å². The molecule has 1 aromatic heterocycles. The highest BCUT2D eigenvalue weighted by Gasteiger charge is 2.16. The van der Waals surface area contributed by atoms with Crippen LogP contribution in [0.25, 0.3) is 0 Å². The molecular formula is C15H18ClNO3S2. The molecule has 2 aromatic rings. The molecule has 0 aliphatic heterocycles. The van der Waals surface area contributed by atoms with Crippen LogP contribution in [-0.4, -0.2) is 26.7 Å². The van der Waals surface area contributed by atoms with Crippen LogP contribution in [-0.2, 0) is 10.0 Å². The molecule has 0 saturated heterocycles. The summed E-state index contributed by atoms with van der Waals surface area (Å²) < 4.78 is 26.9. The number of hydrogen-bond donors (Lipinski definition) is 2. The molecular weight excluding hydrogens is 342 g/mol. The maximum Gasteiger partial charge on any atom is 0.240 e. The Morgan fingerprint density at radius 3 is 2.50 bits per heavy atom. The molecule has 22 heavy (non-hydrogen) atoms. The summed E-state index contributed by atoms with van der Waals surface area (Å²) in [4.78, 5) is 1.37. The van der Waals surface area contributed by atoms with Crippen molar-refractivity contribution in [3.63, 3.8) is 0 Å². The predicted octanol–water partition coefficient (Wildman–Crippen LogP) is 3.24. The molecule has 0 fully saturated rings. The summed E-state index contributed by atoms with van der Waals surface area (Å²) in [6.45, 7) is 0.417. The van der Waals surface area contributed by atoms with Crippen molar-refractivity contribution in [3.8, 4) is 0 Å². The Morgan fingerprint density at radius 1 is 1.18 bits per heavy atom. The van der Waals surface area contributed by atoms with Crippen LogP contribution in [0.5, 0.6) is 0 Å². The van der Waals surface area contributed by atoms with Gasteiger partial charge >= 0.3 is 0 Å². The molecule has 0 aliphatic rings. The van der Waals surface area contributed by atoms with Gasteiger partial charge in [-0.05, 0) is 54.5 Å². The highest BCUT2D eigenvalue weighted by atomic mass is 35.5. The molecule has 0 unspecified atom stereocenters. The van der Waals surface area contributed by atoms with Gasteiger partial charge in [-0.2, -0.15) is 0 Å². The van der Waals surface area contributed by atoms with Gasteiger partial charge < -0.3 is 5.11 Å². The van der Waals surface area contributed by atoms with Crippen molar-refractivity contribution >= 4 is 33.0 Å². The molecule has 0 amide bonds. The van der Waals surface area contributed by atoms with Crippen molar-refractivity contribution in [1.29, 1.82) is 0 Å². The number of thiophene rings is 1. The molecule has 0 radical (unpaired) electrons. The Kier molecular flexibility index (Phi) is 6.40. The summed E-state index contributed by atoms with van der Waals surface area (Å²) in [5, 5.41) is 11.6. The molecule has 2 N–H and O–H groups in total. The fourth-order valence-electron chi connectivity index (χ4n) is 2.17. The van der Waals surface area contributed by atoms with E-state index in [0.717, 1.165) is 0 Å². The largest absolute Gasteiger partial charge is 0.396 e. The number of hydrogen-bond acceptors (Lipinski definition) is 4. The van der Waals surface area contributed by atoms with E-state index >= 15 is 0 Å². The van der Waals surface area contributed by atoms with Gasteiger partial charge in [-0.25, -0.2) is 13.1 Å². The van der Waals surface area contributed by atoms with Crippen LogP contribution in [0, 0.1) is 0 Å². The van der Waals surface area contributed by atoms with E-state index in [1.807, 2.05) is 17.5 Å². The second kappa shape index (κ2) is 8.08. The second-order valence-electron chi connectivity index (χ2n) is 4.86. The van der Waals surface area contributed by atoms with E-state index < -0.39 is 10.0 Å². The highest BCUT2D eigenvalue weighted by molar-refractivity contribution is 7.89. The minimum atomic E-state index is -3.52. The molecule has 0 aliphatic carbocycles. The topological polar surface area (TPSA) is 66.4 Å². The number of nitrogens with one attached hydrogen (secondary N) is 1. The van der Waals surface area contributed by atoms with Gasteiger partial charge in [0.05, 0.1) is 4.90 Å². The molecule has 7 heteroatoms. The molecule has 4 nitrogen and oxygen atoms in total. The lowest BCUT2D eigenvalue weighted by Crippen LogP contribution is -2.26. The first-order valence-corrected chi connectivity index (χ1v) is 9.66. The predicted molar refractivity (Wildman–Crippen MR) is 90.0 cm³/mol. The molecule has 1 heterocycles. The summed E-state index contributed by atoms with van der Waals surface area (Å²) >= 11 is 7.39. The monoisotopic (exact) mass is 359 g/mol. The maximum atomic E-state index is 12.2. The van der Waals surface area contributed by atoms with Crippen LogP contribution in [0.15, 0.2) is 46.7 Å². The maximum absolute atomic E-state index is 12.2. The molecule has 0 saturated carbocycles. The van der Waals surface area contributed by atoms with Gasteiger partial charge in [0.2, 0.25) is 10.0 Å². The zero-order valence-electron chi connectivity index (χ0n) is 11.9. The number of halogens is 1. The fraction of sp³-hybridized carbons (Fsp3) is 0.333. The van der Waals surface area contributed by atoms with Crippen molar-refractivity contribution < 1.29 is 13.5 Å². The lowest BCUT2D eigenvalue weighted by atomic mass is 10.0. The third kappa shape index (κ3) is 4.79. The van der Waals surface area contributed by atoms with E-state index in [1.54, 1.807) is 23.5 Å². The van der Waals surface area contributed by atoms with Gasteiger partial charge in [0.1, 0.15) is 0 Å². The van der Waals surface area contributed by atoms with E-state index in [-0.39, 0.29) is 17.4 Å². The van der Waals surface area contributed by atoms with Gasteiger partial charge in [-0.1, -0.05) is 17.7 Å². The molecule has 1 aromatic carbocycles. The first kappa shape index (κ1) is 17.4. The standard InChI is InChI=1S/C15H18ClNO3S2/c16-13-3-5-14(6-4-13)22(19,20)17-9-7-12(8-10-18)15-2-1-11-21-15/h1-6,11-12,17-18H,7-10H2/t12-/m0/s1. The summed E-state index contributed by atoms with van der Waals surface area (Å²) in [6.07, 6.45) is 1.27. The molecule has 0 spiro atoms. The Bertz CT molecular complexity index is 669. The van der Waals surface area contributed by atoms with Crippen LogP contribution in [0.2, 0.25) is 5.02 Å². The van der Waals surface area contributed by atoms with Gasteiger partial charge in [0, 0.05) is 23.1 Å². The summed E-state index contributed by atoms with van der Waals surface area (Å²) in [5.74, 6) is 0.165. The number of benzene rings is 1. The van der Waals surface area contributed by atoms with Crippen molar-refractivity contribution in [1.82, 2.24) is 4.72 Å². The molecule has 0 bridgehead atoms. The van der Waals surface area contributed by atoms with Crippen LogP contribution < -0.4 is 4.72 Å². The fourth-order valence-corrected chi connectivity index (χ4v) is 4.25. The molecule has 1 atom stereocenters. The SMILES string of the molecule is O=S(=O)(NCC[C@@H](CCO)c1cccs1)c1ccc(Cl)cc1. The third-order valence-electron chi connectivity index (χ3n) is 3.33. The van der Waals surface area contributed by atoms with Crippen LogP contribution in [0.4, 0.5) is 0 Å². The van der Waals surface area contributed by atoms with Crippen molar-refractivity contribution in [3.05, 3.63) is 51.7 Å². The average molecular weight is 360 g/mol. The van der Waals surface area contributed by atoms with Crippen LogP contribution in [0.3, 0.4) is 0 Å². The minimum absolute atomic E-state index is 0.0898. The number of aliphatic hydroxyl groups excluding tert-OH is 1. The third-order valence-corrected chi connectivity index (χ3v) is 6.10.